The Morgan fingerprint density at radius 1 is 1.38 bits per heavy atom. The molecule has 0 radical (unpaired) electrons. The zero-order valence-corrected chi connectivity index (χ0v) is 19.4. The topological polar surface area (TPSA) is 149 Å². The smallest absolute Gasteiger partial charge is 0.330 e. The van der Waals surface area contributed by atoms with Crippen molar-refractivity contribution >= 4 is 13.5 Å². The van der Waals surface area contributed by atoms with E-state index in [2.05, 4.69) is 22.1 Å². The van der Waals surface area contributed by atoms with E-state index in [0.29, 0.717) is 12.0 Å². The summed E-state index contributed by atoms with van der Waals surface area (Å²) in [7, 11) is -3.86. The second kappa shape index (κ2) is 9.33. The predicted molar refractivity (Wildman–Crippen MR) is 120 cm³/mol. The Bertz CT molecular complexity index is 1310. The summed E-state index contributed by atoms with van der Waals surface area (Å²) in [6.45, 7) is 3.01. The van der Waals surface area contributed by atoms with Gasteiger partial charge in [-0.05, 0) is 18.6 Å². The van der Waals surface area contributed by atoms with Crippen LogP contribution < -0.4 is 16.6 Å². The third-order valence-corrected chi connectivity index (χ3v) is 6.34. The first kappa shape index (κ1) is 24.1. The molecule has 11 nitrogen and oxygen atoms in total. The number of benzene rings is 1. The lowest BCUT2D eigenvalue weighted by Gasteiger charge is -2.30. The van der Waals surface area contributed by atoms with E-state index < -0.39 is 42.9 Å². The van der Waals surface area contributed by atoms with Crippen LogP contribution in [0.4, 0.5) is 0 Å². The Morgan fingerprint density at radius 3 is 2.79 bits per heavy atom. The Balaban J connectivity index is 1.55. The summed E-state index contributed by atoms with van der Waals surface area (Å²) in [4.78, 5) is 48.8. The second-order valence-electron chi connectivity index (χ2n) is 8.09. The molecule has 0 saturated carbocycles. The van der Waals surface area contributed by atoms with Gasteiger partial charge in [0.05, 0.1) is 13.2 Å². The molecular weight excluding hydrogens is 465 g/mol. The van der Waals surface area contributed by atoms with Crippen LogP contribution in [0, 0.1) is 11.8 Å². The van der Waals surface area contributed by atoms with E-state index in [0.717, 1.165) is 11.2 Å². The number of ether oxygens (including phenoxy) is 2. The highest BCUT2D eigenvalue weighted by atomic mass is 31.2. The third-order valence-electron chi connectivity index (χ3n) is 5.72. The molecule has 180 valence electrons. The minimum Gasteiger partial charge on any atom is -0.368 e. The molecule has 1 amide bonds. The molecule has 2 aromatic rings. The van der Waals surface area contributed by atoms with Crippen LogP contribution in [0.3, 0.4) is 0 Å². The fourth-order valence-corrected chi connectivity index (χ4v) is 4.77. The van der Waals surface area contributed by atoms with Gasteiger partial charge in [-0.1, -0.05) is 37.0 Å². The van der Waals surface area contributed by atoms with Crippen molar-refractivity contribution < 1.29 is 28.3 Å². The van der Waals surface area contributed by atoms with Gasteiger partial charge in [-0.2, -0.15) is 0 Å². The minimum atomic E-state index is -3.86. The lowest BCUT2D eigenvalue weighted by atomic mass is 9.96. The quantitative estimate of drug-likeness (QED) is 0.395. The SMILES string of the molecule is CC[C@]12COC([C@H](n3cc(C#CCNC(=O)c4ccccc4)c(=O)[nH]c3=O)O1)[C@@H]2OP(C)(=O)O. The second-order valence-corrected chi connectivity index (χ2v) is 9.91. The highest BCUT2D eigenvalue weighted by molar-refractivity contribution is 7.51. The molecule has 2 saturated heterocycles. The van der Waals surface area contributed by atoms with Crippen molar-refractivity contribution in [1.82, 2.24) is 14.9 Å². The monoisotopic (exact) mass is 489 g/mol. The Hall–Kier alpha value is -3.00. The molecule has 0 spiro atoms. The Morgan fingerprint density at radius 2 is 2.12 bits per heavy atom. The number of carbonyl (C=O) groups excluding carboxylic acids is 1. The lowest BCUT2D eigenvalue weighted by molar-refractivity contribution is -0.175. The Kier molecular flexibility index (Phi) is 6.62. The Labute approximate surface area is 194 Å². The number of amides is 1. The van der Waals surface area contributed by atoms with Crippen LogP contribution in [0.1, 0.15) is 35.5 Å². The molecule has 4 rings (SSSR count). The third kappa shape index (κ3) is 4.78. The summed E-state index contributed by atoms with van der Waals surface area (Å²) >= 11 is 0. The zero-order valence-electron chi connectivity index (χ0n) is 18.5. The maximum Gasteiger partial charge on any atom is 0.330 e. The summed E-state index contributed by atoms with van der Waals surface area (Å²) < 4.78 is 30.2. The first-order valence-corrected chi connectivity index (χ1v) is 12.6. The molecular formula is C22H24N3O8P. The molecule has 2 aliphatic rings. The zero-order chi connectivity index (χ0) is 24.5. The molecule has 1 aromatic carbocycles. The highest BCUT2D eigenvalue weighted by Crippen LogP contribution is 2.53. The van der Waals surface area contributed by atoms with E-state index in [1.807, 2.05) is 6.92 Å². The largest absolute Gasteiger partial charge is 0.368 e. The average molecular weight is 489 g/mol. The van der Waals surface area contributed by atoms with Crippen LogP contribution in [-0.2, 0) is 18.6 Å². The van der Waals surface area contributed by atoms with Gasteiger partial charge < -0.3 is 19.7 Å². The van der Waals surface area contributed by atoms with Gasteiger partial charge in [0.1, 0.15) is 23.4 Å². The summed E-state index contributed by atoms with van der Waals surface area (Å²) in [5, 5.41) is 2.63. The number of nitrogens with one attached hydrogen (secondary N) is 2. The normalized spacial score (nSPS) is 27.0. The van der Waals surface area contributed by atoms with E-state index in [9.17, 15) is 23.8 Å². The summed E-state index contributed by atoms with van der Waals surface area (Å²) in [6, 6.07) is 8.60. The van der Waals surface area contributed by atoms with Crippen LogP contribution in [0.5, 0.6) is 0 Å². The van der Waals surface area contributed by atoms with Crippen molar-refractivity contribution in [1.29, 1.82) is 0 Å². The van der Waals surface area contributed by atoms with Crippen molar-refractivity contribution in [2.24, 2.45) is 0 Å². The molecule has 0 aliphatic carbocycles. The number of aromatic nitrogens is 2. The van der Waals surface area contributed by atoms with Crippen LogP contribution in [-0.4, -0.2) is 58.0 Å². The van der Waals surface area contributed by atoms with Gasteiger partial charge >= 0.3 is 13.3 Å². The fourth-order valence-electron chi connectivity index (χ4n) is 4.03. The number of carbonyl (C=O) groups is 1. The van der Waals surface area contributed by atoms with Crippen LogP contribution >= 0.6 is 7.60 Å². The number of aromatic amines is 1. The number of nitrogens with zero attached hydrogens (tertiary/aromatic N) is 1. The van der Waals surface area contributed by atoms with Crippen LogP contribution in [0.25, 0.3) is 0 Å². The molecule has 2 aliphatic heterocycles. The van der Waals surface area contributed by atoms with Crippen molar-refractivity contribution in [2.45, 2.75) is 37.4 Å². The molecule has 5 atom stereocenters. The molecule has 2 fully saturated rings. The molecule has 12 heteroatoms. The van der Waals surface area contributed by atoms with Gasteiger partial charge in [0.25, 0.3) is 11.5 Å². The number of H-pyrrole nitrogens is 1. The van der Waals surface area contributed by atoms with Crippen molar-refractivity contribution in [2.75, 3.05) is 19.8 Å². The van der Waals surface area contributed by atoms with E-state index in [4.69, 9.17) is 14.0 Å². The van der Waals surface area contributed by atoms with Gasteiger partial charge in [0.15, 0.2) is 6.23 Å². The van der Waals surface area contributed by atoms with E-state index in [1.165, 1.54) is 6.20 Å². The van der Waals surface area contributed by atoms with Crippen molar-refractivity contribution in [3.63, 3.8) is 0 Å². The number of fused-ring (bicyclic) bond motifs is 2. The van der Waals surface area contributed by atoms with Crippen LogP contribution in [0.15, 0.2) is 46.1 Å². The van der Waals surface area contributed by atoms with E-state index >= 15 is 0 Å². The predicted octanol–water partition coefficient (Wildman–Crippen LogP) is 0.595. The van der Waals surface area contributed by atoms with Crippen LogP contribution in [0.2, 0.25) is 0 Å². The number of hydrogen-bond acceptors (Lipinski definition) is 7. The van der Waals surface area contributed by atoms with Gasteiger partial charge in [-0.3, -0.25) is 28.2 Å². The number of rotatable bonds is 6. The number of hydrogen-bond donors (Lipinski definition) is 3. The average Bonchev–Trinajstić information content (AvgIpc) is 3.28. The summed E-state index contributed by atoms with van der Waals surface area (Å²) in [5.41, 5.74) is -2.00. The van der Waals surface area contributed by atoms with Gasteiger partial charge in [-0.15, -0.1) is 0 Å². The van der Waals surface area contributed by atoms with E-state index in [1.54, 1.807) is 30.3 Å². The first-order chi connectivity index (χ1) is 16.1. The molecule has 2 bridgehead atoms. The molecule has 34 heavy (non-hydrogen) atoms. The molecule has 1 aromatic heterocycles. The maximum atomic E-state index is 12.5. The standard InChI is InChI=1S/C22H24N3O8P/c1-3-22-13-31-16(17(22)33-34(2,29)30)20(32-22)25-12-15(19(27)24-21(25)28)10-7-11-23-18(26)14-8-5-4-6-9-14/h4-6,8-9,12,16-17,20H,3,11,13H2,1-2H3,(H,23,26)(H,29,30)(H,24,27,28)/t16?,17-,20+,22+/m0/s1. The van der Waals surface area contributed by atoms with E-state index in [-0.39, 0.29) is 24.6 Å². The first-order valence-electron chi connectivity index (χ1n) is 10.6. The molecule has 3 heterocycles. The van der Waals surface area contributed by atoms with Crippen molar-refractivity contribution in [3.8, 4) is 11.8 Å². The summed E-state index contributed by atoms with van der Waals surface area (Å²) in [6.07, 6.45) is -1.05. The van der Waals surface area contributed by atoms with Crippen molar-refractivity contribution in [3.05, 3.63) is 68.5 Å². The molecule has 2 unspecified atom stereocenters. The summed E-state index contributed by atoms with van der Waals surface area (Å²) in [5.74, 6) is 5.03. The lowest BCUT2D eigenvalue weighted by Crippen LogP contribution is -2.42. The maximum absolute atomic E-state index is 12.5. The van der Waals surface area contributed by atoms with Gasteiger partial charge in [0, 0.05) is 18.4 Å². The molecule has 3 N–H and O–H groups in total. The van der Waals surface area contributed by atoms with Gasteiger partial charge in [-0.25, -0.2) is 4.79 Å². The minimum absolute atomic E-state index is 0.0187. The fraction of sp³-hybridized carbons (Fsp3) is 0.409. The highest BCUT2D eigenvalue weighted by Gasteiger charge is 2.63. The van der Waals surface area contributed by atoms with Gasteiger partial charge in [0.2, 0.25) is 0 Å².